The van der Waals surface area contributed by atoms with E-state index in [1.54, 1.807) is 43.5 Å². The largest absolute Gasteiger partial charge is 0.497 e. The van der Waals surface area contributed by atoms with Crippen LogP contribution in [0.25, 0.3) is 0 Å². The van der Waals surface area contributed by atoms with Crippen LogP contribution in [0.4, 0.5) is 5.69 Å². The Morgan fingerprint density at radius 2 is 1.68 bits per heavy atom. The molecule has 3 aromatic carbocycles. The van der Waals surface area contributed by atoms with Gasteiger partial charge >= 0.3 is 0 Å². The highest BCUT2D eigenvalue weighted by molar-refractivity contribution is 7.92. The minimum absolute atomic E-state index is 0.132. The van der Waals surface area contributed by atoms with Gasteiger partial charge in [0.2, 0.25) is 5.91 Å². The maximum absolute atomic E-state index is 13.3. The Hall–Kier alpha value is -3.32. The Labute approximate surface area is 183 Å². The van der Waals surface area contributed by atoms with E-state index in [0.29, 0.717) is 5.69 Å². The highest BCUT2D eigenvalue weighted by Crippen LogP contribution is 2.24. The number of nitrogens with zero attached hydrogens (tertiary/aromatic N) is 1. The number of hydrogen-bond donors (Lipinski definition) is 1. The van der Waals surface area contributed by atoms with Crippen molar-refractivity contribution < 1.29 is 17.9 Å². The predicted molar refractivity (Wildman–Crippen MR) is 122 cm³/mol. The van der Waals surface area contributed by atoms with E-state index in [1.807, 2.05) is 44.2 Å². The standard InChI is InChI=1S/C24H26N2O4S/c1-18-8-7-9-21(16-18)26(31(28,29)23-10-5-4-6-11-23)17-24(27)25-19(2)20-12-14-22(30-3)15-13-20/h4-16,19H,17H2,1-3H3,(H,25,27)/t19-/m0/s1. The zero-order valence-corrected chi connectivity index (χ0v) is 18.6. The van der Waals surface area contributed by atoms with Crippen molar-refractivity contribution in [2.24, 2.45) is 0 Å². The summed E-state index contributed by atoms with van der Waals surface area (Å²) in [6.07, 6.45) is 0. The molecule has 31 heavy (non-hydrogen) atoms. The molecule has 6 nitrogen and oxygen atoms in total. The van der Waals surface area contributed by atoms with Gasteiger partial charge in [-0.2, -0.15) is 0 Å². The normalized spacial score (nSPS) is 12.1. The van der Waals surface area contributed by atoms with Gasteiger partial charge in [0.25, 0.3) is 10.0 Å². The number of benzene rings is 3. The van der Waals surface area contributed by atoms with Crippen molar-refractivity contribution >= 4 is 21.6 Å². The summed E-state index contributed by atoms with van der Waals surface area (Å²) in [5.74, 6) is 0.325. The smallest absolute Gasteiger partial charge is 0.264 e. The summed E-state index contributed by atoms with van der Waals surface area (Å²) < 4.78 is 33.0. The topological polar surface area (TPSA) is 75.7 Å². The van der Waals surface area contributed by atoms with Gasteiger partial charge in [-0.15, -0.1) is 0 Å². The quantitative estimate of drug-likeness (QED) is 0.575. The summed E-state index contributed by atoms with van der Waals surface area (Å²) in [5.41, 5.74) is 2.23. The van der Waals surface area contributed by atoms with Crippen LogP contribution in [0.2, 0.25) is 0 Å². The molecule has 0 spiro atoms. The van der Waals surface area contributed by atoms with Crippen LogP contribution in [0.5, 0.6) is 5.75 Å². The van der Waals surface area contributed by atoms with Crippen LogP contribution in [0.15, 0.2) is 83.8 Å². The molecular formula is C24H26N2O4S. The van der Waals surface area contributed by atoms with Crippen molar-refractivity contribution in [3.8, 4) is 5.75 Å². The van der Waals surface area contributed by atoms with Gasteiger partial charge in [0.05, 0.1) is 23.7 Å². The Morgan fingerprint density at radius 1 is 1.00 bits per heavy atom. The molecule has 0 saturated heterocycles. The van der Waals surface area contributed by atoms with E-state index >= 15 is 0 Å². The Kier molecular flexibility index (Phi) is 6.97. The molecule has 162 valence electrons. The third-order valence-electron chi connectivity index (χ3n) is 4.90. The number of ether oxygens (including phenoxy) is 1. The van der Waals surface area contributed by atoms with Crippen LogP contribution in [0.3, 0.4) is 0 Å². The number of anilines is 1. The van der Waals surface area contributed by atoms with Crippen LogP contribution in [0, 0.1) is 6.92 Å². The maximum Gasteiger partial charge on any atom is 0.264 e. The predicted octanol–water partition coefficient (Wildman–Crippen LogP) is 4.08. The SMILES string of the molecule is COc1ccc([C@H](C)NC(=O)CN(c2cccc(C)c2)S(=O)(=O)c2ccccc2)cc1. The highest BCUT2D eigenvalue weighted by Gasteiger charge is 2.27. The molecule has 0 aliphatic carbocycles. The molecule has 0 unspecified atom stereocenters. The minimum atomic E-state index is -3.92. The molecule has 0 radical (unpaired) electrons. The molecule has 7 heteroatoms. The summed E-state index contributed by atoms with van der Waals surface area (Å²) in [4.78, 5) is 13.0. The molecule has 3 aromatic rings. The Bertz CT molecular complexity index is 1130. The molecule has 0 heterocycles. The second kappa shape index (κ2) is 9.66. The lowest BCUT2D eigenvalue weighted by Gasteiger charge is -2.25. The lowest BCUT2D eigenvalue weighted by atomic mass is 10.1. The van der Waals surface area contributed by atoms with Crippen molar-refractivity contribution in [3.05, 3.63) is 90.0 Å². The molecule has 3 rings (SSSR count). The Balaban J connectivity index is 1.85. The van der Waals surface area contributed by atoms with Gasteiger partial charge in [0.1, 0.15) is 12.3 Å². The number of nitrogens with one attached hydrogen (secondary N) is 1. The summed E-state index contributed by atoms with van der Waals surface area (Å²) in [5, 5.41) is 2.89. The minimum Gasteiger partial charge on any atom is -0.497 e. The number of hydrogen-bond acceptors (Lipinski definition) is 4. The first-order valence-electron chi connectivity index (χ1n) is 9.89. The number of aryl methyl sites for hydroxylation is 1. The molecule has 1 amide bonds. The highest BCUT2D eigenvalue weighted by atomic mass is 32.2. The summed E-state index contributed by atoms with van der Waals surface area (Å²) >= 11 is 0. The van der Waals surface area contributed by atoms with Gasteiger partial charge in [-0.25, -0.2) is 8.42 Å². The number of sulfonamides is 1. The summed E-state index contributed by atoms with van der Waals surface area (Å²) in [6, 6.07) is 22.3. The van der Waals surface area contributed by atoms with Crippen molar-refractivity contribution in [1.29, 1.82) is 0 Å². The van der Waals surface area contributed by atoms with Crippen molar-refractivity contribution in [2.45, 2.75) is 24.8 Å². The second-order valence-electron chi connectivity index (χ2n) is 7.23. The van der Waals surface area contributed by atoms with Gasteiger partial charge in [-0.3, -0.25) is 9.10 Å². The first kappa shape index (κ1) is 22.4. The molecule has 1 N–H and O–H groups in total. The average molecular weight is 439 g/mol. The van der Waals surface area contributed by atoms with E-state index in [-0.39, 0.29) is 17.5 Å². The molecule has 0 aliphatic heterocycles. The molecule has 0 saturated carbocycles. The summed E-state index contributed by atoms with van der Waals surface area (Å²) in [6.45, 7) is 3.40. The number of methoxy groups -OCH3 is 1. The summed E-state index contributed by atoms with van der Waals surface area (Å²) in [7, 11) is -2.33. The first-order valence-corrected chi connectivity index (χ1v) is 11.3. The lowest BCUT2D eigenvalue weighted by Crippen LogP contribution is -2.41. The van der Waals surface area contributed by atoms with Crippen LogP contribution in [0.1, 0.15) is 24.1 Å². The third-order valence-corrected chi connectivity index (χ3v) is 6.69. The molecule has 0 bridgehead atoms. The van der Waals surface area contributed by atoms with Crippen LogP contribution in [-0.4, -0.2) is 28.0 Å². The van der Waals surface area contributed by atoms with E-state index in [2.05, 4.69) is 5.32 Å². The van der Waals surface area contributed by atoms with E-state index in [0.717, 1.165) is 21.2 Å². The third kappa shape index (κ3) is 5.44. The van der Waals surface area contributed by atoms with E-state index in [1.165, 1.54) is 12.1 Å². The van der Waals surface area contributed by atoms with Gasteiger partial charge in [0.15, 0.2) is 0 Å². The average Bonchev–Trinajstić information content (AvgIpc) is 2.78. The van der Waals surface area contributed by atoms with E-state index in [9.17, 15) is 13.2 Å². The zero-order chi connectivity index (χ0) is 22.4. The van der Waals surface area contributed by atoms with Gasteiger partial charge in [-0.05, 0) is 61.4 Å². The van der Waals surface area contributed by atoms with Gasteiger partial charge in [-0.1, -0.05) is 42.5 Å². The fourth-order valence-corrected chi connectivity index (χ4v) is 4.65. The van der Waals surface area contributed by atoms with Crippen molar-refractivity contribution in [3.63, 3.8) is 0 Å². The number of carbonyl (C=O) groups excluding carboxylic acids is 1. The van der Waals surface area contributed by atoms with Crippen LogP contribution >= 0.6 is 0 Å². The molecule has 1 atom stereocenters. The molecule has 0 fully saturated rings. The van der Waals surface area contributed by atoms with E-state index < -0.39 is 15.9 Å². The fraction of sp³-hybridized carbons (Fsp3) is 0.208. The maximum atomic E-state index is 13.3. The lowest BCUT2D eigenvalue weighted by molar-refractivity contribution is -0.120. The van der Waals surface area contributed by atoms with Crippen molar-refractivity contribution in [2.75, 3.05) is 18.0 Å². The van der Waals surface area contributed by atoms with Crippen LogP contribution in [-0.2, 0) is 14.8 Å². The second-order valence-corrected chi connectivity index (χ2v) is 9.09. The Morgan fingerprint density at radius 3 is 2.29 bits per heavy atom. The first-order chi connectivity index (χ1) is 14.8. The number of rotatable bonds is 8. The van der Waals surface area contributed by atoms with Crippen LogP contribution < -0.4 is 14.4 Å². The zero-order valence-electron chi connectivity index (χ0n) is 17.8. The number of carbonyl (C=O) groups is 1. The fourth-order valence-electron chi connectivity index (χ4n) is 3.21. The number of amides is 1. The van der Waals surface area contributed by atoms with Gasteiger partial charge in [0, 0.05) is 0 Å². The van der Waals surface area contributed by atoms with E-state index in [4.69, 9.17) is 4.74 Å². The van der Waals surface area contributed by atoms with Crippen molar-refractivity contribution in [1.82, 2.24) is 5.32 Å². The molecular weight excluding hydrogens is 412 g/mol. The molecule has 0 aliphatic rings. The monoisotopic (exact) mass is 438 g/mol. The van der Waals surface area contributed by atoms with Gasteiger partial charge < -0.3 is 10.1 Å². The molecule has 0 aromatic heterocycles.